The highest BCUT2D eigenvalue weighted by molar-refractivity contribution is 5.98. The van der Waals surface area contributed by atoms with Crippen LogP contribution in [0.25, 0.3) is 0 Å². The second-order valence-corrected chi connectivity index (χ2v) is 5.76. The van der Waals surface area contributed by atoms with Gasteiger partial charge in [0.2, 0.25) is 11.9 Å². The molecule has 1 heterocycles. The molecule has 0 fully saturated rings. The first kappa shape index (κ1) is 18.7. The maximum Gasteiger partial charge on any atom is 0.254 e. The van der Waals surface area contributed by atoms with Crippen molar-refractivity contribution in [2.75, 3.05) is 10.6 Å². The molecule has 2 aromatic rings. The molecule has 6 N–H and O–H groups in total. The van der Waals surface area contributed by atoms with Gasteiger partial charge >= 0.3 is 0 Å². The highest BCUT2D eigenvalue weighted by Crippen LogP contribution is 2.21. The van der Waals surface area contributed by atoms with E-state index in [1.54, 1.807) is 38.1 Å². The highest BCUT2D eigenvalue weighted by atomic mass is 16.1. The summed E-state index contributed by atoms with van der Waals surface area (Å²) in [5.41, 5.74) is 11.8. The Hall–Kier alpha value is -3.67. The number of hydrogen-bond acceptors (Lipinski definition) is 7. The Morgan fingerprint density at radius 3 is 2.62 bits per heavy atom. The molecule has 1 aromatic heterocycles. The highest BCUT2D eigenvalue weighted by Gasteiger charge is 2.19. The number of benzene rings is 1. The molecular weight excluding hydrogens is 334 g/mol. The number of rotatable bonds is 7. The number of carbonyl (C=O) groups excluding carboxylic acids is 2. The van der Waals surface area contributed by atoms with Gasteiger partial charge in [0.05, 0.1) is 17.6 Å². The number of nitriles is 1. The molecule has 134 valence electrons. The van der Waals surface area contributed by atoms with E-state index in [1.807, 2.05) is 6.07 Å². The lowest BCUT2D eigenvalue weighted by Crippen LogP contribution is -2.34. The van der Waals surface area contributed by atoms with Crippen molar-refractivity contribution >= 4 is 29.3 Å². The van der Waals surface area contributed by atoms with Crippen molar-refractivity contribution in [2.24, 2.45) is 17.4 Å². The number of amides is 2. The van der Waals surface area contributed by atoms with Crippen LogP contribution in [-0.2, 0) is 4.79 Å². The van der Waals surface area contributed by atoms with Crippen LogP contribution in [0.4, 0.5) is 17.5 Å². The summed E-state index contributed by atoms with van der Waals surface area (Å²) in [6.07, 6.45) is 1.29. The Morgan fingerprint density at radius 1 is 1.27 bits per heavy atom. The van der Waals surface area contributed by atoms with Crippen LogP contribution in [0.2, 0.25) is 0 Å². The standard InChI is InChI=1S/C17H19N7O2/c1-9(14(19)25)10(2)22-17-21-8-13(15(20)26)16(24-17)23-12-5-3-4-11(6-12)7-18/h3-6,8-10H,1-2H3,(H2,19,25)(H2,20,26)(H2,21,22,23,24). The fourth-order valence-electron chi connectivity index (χ4n) is 2.11. The minimum absolute atomic E-state index is 0.0912. The smallest absolute Gasteiger partial charge is 0.254 e. The Morgan fingerprint density at radius 2 is 2.00 bits per heavy atom. The zero-order valence-electron chi connectivity index (χ0n) is 14.4. The SMILES string of the molecule is CC(Nc1ncc(C(N)=O)c(Nc2cccc(C#N)c2)n1)C(C)C(N)=O. The number of nitrogens with two attached hydrogens (primary N) is 2. The van der Waals surface area contributed by atoms with Crippen molar-refractivity contribution in [1.29, 1.82) is 5.26 Å². The molecule has 0 saturated carbocycles. The summed E-state index contributed by atoms with van der Waals surface area (Å²) in [7, 11) is 0. The minimum atomic E-state index is -0.700. The summed E-state index contributed by atoms with van der Waals surface area (Å²) in [5.74, 6) is -1.21. The van der Waals surface area contributed by atoms with Gasteiger partial charge in [-0.25, -0.2) is 4.98 Å². The topological polar surface area (TPSA) is 160 Å². The van der Waals surface area contributed by atoms with Crippen LogP contribution >= 0.6 is 0 Å². The predicted molar refractivity (Wildman–Crippen MR) is 96.4 cm³/mol. The van der Waals surface area contributed by atoms with Gasteiger partial charge in [-0.05, 0) is 25.1 Å². The van der Waals surface area contributed by atoms with Crippen molar-refractivity contribution < 1.29 is 9.59 Å². The molecule has 2 amide bonds. The average Bonchev–Trinajstić information content (AvgIpc) is 2.61. The number of primary amides is 2. The maximum absolute atomic E-state index is 11.6. The van der Waals surface area contributed by atoms with Crippen molar-refractivity contribution in [3.8, 4) is 6.07 Å². The van der Waals surface area contributed by atoms with E-state index in [2.05, 4.69) is 20.6 Å². The molecule has 9 heteroatoms. The molecule has 0 saturated heterocycles. The molecule has 0 aliphatic rings. The third-order valence-electron chi connectivity index (χ3n) is 3.86. The average molecular weight is 353 g/mol. The van der Waals surface area contributed by atoms with Gasteiger partial charge in [-0.2, -0.15) is 10.2 Å². The number of hydrogen-bond donors (Lipinski definition) is 4. The zero-order chi connectivity index (χ0) is 19.3. The first-order valence-electron chi connectivity index (χ1n) is 7.81. The summed E-state index contributed by atoms with van der Waals surface area (Å²) < 4.78 is 0. The Labute approximate surface area is 150 Å². The lowest BCUT2D eigenvalue weighted by molar-refractivity contribution is -0.121. The van der Waals surface area contributed by atoms with E-state index in [0.29, 0.717) is 11.3 Å². The number of aromatic nitrogens is 2. The Kier molecular flexibility index (Phi) is 5.70. The fraction of sp³-hybridized carbons (Fsp3) is 0.235. The number of nitrogens with zero attached hydrogens (tertiary/aromatic N) is 3. The predicted octanol–water partition coefficient (Wildman–Crippen LogP) is 1.11. The van der Waals surface area contributed by atoms with Crippen LogP contribution in [0, 0.1) is 17.2 Å². The summed E-state index contributed by atoms with van der Waals surface area (Å²) in [6, 6.07) is 8.39. The van der Waals surface area contributed by atoms with Crippen molar-refractivity contribution in [1.82, 2.24) is 9.97 Å². The van der Waals surface area contributed by atoms with Crippen molar-refractivity contribution in [3.05, 3.63) is 41.6 Å². The first-order valence-corrected chi connectivity index (χ1v) is 7.81. The number of carbonyl (C=O) groups is 2. The monoisotopic (exact) mass is 353 g/mol. The van der Waals surface area contributed by atoms with Gasteiger partial charge in [0.1, 0.15) is 11.4 Å². The lowest BCUT2D eigenvalue weighted by Gasteiger charge is -2.19. The summed E-state index contributed by atoms with van der Waals surface area (Å²) >= 11 is 0. The van der Waals surface area contributed by atoms with E-state index in [9.17, 15) is 9.59 Å². The molecule has 0 aliphatic heterocycles. The van der Waals surface area contributed by atoms with E-state index >= 15 is 0 Å². The minimum Gasteiger partial charge on any atom is -0.369 e. The molecular formula is C17H19N7O2. The van der Waals surface area contributed by atoms with Crippen LogP contribution in [0.15, 0.2) is 30.5 Å². The fourth-order valence-corrected chi connectivity index (χ4v) is 2.11. The molecule has 2 rings (SSSR count). The third kappa shape index (κ3) is 4.45. The van der Waals surface area contributed by atoms with Crippen LogP contribution < -0.4 is 22.1 Å². The second kappa shape index (κ2) is 7.94. The quantitative estimate of drug-likeness (QED) is 0.580. The largest absolute Gasteiger partial charge is 0.369 e. The van der Waals surface area contributed by atoms with Gasteiger partial charge in [0.15, 0.2) is 0 Å². The van der Waals surface area contributed by atoms with Gasteiger partial charge in [-0.15, -0.1) is 0 Å². The Bertz CT molecular complexity index is 876. The van der Waals surface area contributed by atoms with E-state index in [1.165, 1.54) is 6.20 Å². The first-order chi connectivity index (χ1) is 12.3. The van der Waals surface area contributed by atoms with Gasteiger partial charge in [0.25, 0.3) is 5.91 Å². The van der Waals surface area contributed by atoms with E-state index in [0.717, 1.165) is 0 Å². The third-order valence-corrected chi connectivity index (χ3v) is 3.86. The summed E-state index contributed by atoms with van der Waals surface area (Å²) in [4.78, 5) is 31.2. The molecule has 2 atom stereocenters. The molecule has 0 radical (unpaired) electrons. The molecule has 9 nitrogen and oxygen atoms in total. The molecule has 26 heavy (non-hydrogen) atoms. The zero-order valence-corrected chi connectivity index (χ0v) is 14.4. The van der Waals surface area contributed by atoms with Crippen LogP contribution in [0.5, 0.6) is 0 Å². The Balaban J connectivity index is 2.32. The van der Waals surface area contributed by atoms with Crippen molar-refractivity contribution in [2.45, 2.75) is 19.9 Å². The van der Waals surface area contributed by atoms with Crippen LogP contribution in [0.3, 0.4) is 0 Å². The van der Waals surface area contributed by atoms with E-state index in [-0.39, 0.29) is 23.4 Å². The number of anilines is 3. The van der Waals surface area contributed by atoms with Gasteiger partial charge in [-0.3, -0.25) is 9.59 Å². The van der Waals surface area contributed by atoms with Crippen molar-refractivity contribution in [3.63, 3.8) is 0 Å². The lowest BCUT2D eigenvalue weighted by atomic mass is 10.0. The molecule has 0 aliphatic carbocycles. The van der Waals surface area contributed by atoms with Gasteiger partial charge in [0, 0.05) is 17.9 Å². The van der Waals surface area contributed by atoms with E-state index in [4.69, 9.17) is 16.7 Å². The second-order valence-electron chi connectivity index (χ2n) is 5.76. The summed E-state index contributed by atoms with van der Waals surface area (Å²) in [6.45, 7) is 3.45. The number of nitrogens with one attached hydrogen (secondary N) is 2. The van der Waals surface area contributed by atoms with Crippen LogP contribution in [0.1, 0.15) is 29.8 Å². The van der Waals surface area contributed by atoms with Crippen LogP contribution in [-0.4, -0.2) is 27.8 Å². The van der Waals surface area contributed by atoms with Gasteiger partial charge in [-0.1, -0.05) is 13.0 Å². The normalized spacial score (nSPS) is 12.5. The molecule has 0 spiro atoms. The molecule has 2 unspecified atom stereocenters. The molecule has 0 bridgehead atoms. The molecule has 1 aromatic carbocycles. The van der Waals surface area contributed by atoms with Gasteiger partial charge < -0.3 is 22.1 Å². The van der Waals surface area contributed by atoms with E-state index < -0.39 is 17.7 Å². The summed E-state index contributed by atoms with van der Waals surface area (Å²) in [5, 5.41) is 14.9. The maximum atomic E-state index is 11.6.